The van der Waals surface area contributed by atoms with Crippen LogP contribution in [0.2, 0.25) is 0 Å². The summed E-state index contributed by atoms with van der Waals surface area (Å²) < 4.78 is 0. The molecule has 3 N–H and O–H groups in total. The maximum atomic E-state index is 11.2. The van der Waals surface area contributed by atoms with Crippen LogP contribution >= 0.6 is 0 Å². The van der Waals surface area contributed by atoms with Gasteiger partial charge in [-0.25, -0.2) is 4.79 Å². The molecule has 0 fully saturated rings. The van der Waals surface area contributed by atoms with E-state index in [0.29, 0.717) is 0 Å². The highest BCUT2D eigenvalue weighted by atomic mass is 16.4. The van der Waals surface area contributed by atoms with Crippen LogP contribution in [-0.4, -0.2) is 22.7 Å². The first-order valence-corrected chi connectivity index (χ1v) is 13.1. The molecule has 1 unspecified atom stereocenters. The van der Waals surface area contributed by atoms with E-state index >= 15 is 0 Å². The molecule has 0 bridgehead atoms. The van der Waals surface area contributed by atoms with Crippen molar-refractivity contribution in [2.24, 2.45) is 0 Å². The third-order valence-corrected chi connectivity index (χ3v) is 7.76. The fourth-order valence-electron chi connectivity index (χ4n) is 5.27. The SMILES string of the molecule is Cc1ccc(CCNc2cc(C(O)C=Cc3ccc(C(=O)O)cc3)cc3c2C(C)(C)CCC3(C)C)cc1. The summed E-state index contributed by atoms with van der Waals surface area (Å²) in [6, 6.07) is 19.6. The third-order valence-electron chi connectivity index (χ3n) is 7.76. The lowest BCUT2D eigenvalue weighted by Crippen LogP contribution is -2.35. The molecule has 0 amide bonds. The van der Waals surface area contributed by atoms with Gasteiger partial charge in [0.25, 0.3) is 0 Å². The lowest BCUT2D eigenvalue weighted by molar-refractivity contribution is 0.0697. The van der Waals surface area contributed by atoms with E-state index in [1.54, 1.807) is 30.3 Å². The van der Waals surface area contributed by atoms with Crippen LogP contribution in [0.5, 0.6) is 0 Å². The summed E-state index contributed by atoms with van der Waals surface area (Å²) in [4.78, 5) is 11.1. The first kappa shape index (κ1) is 26.7. The monoisotopic (exact) mass is 497 g/mol. The van der Waals surface area contributed by atoms with Crippen LogP contribution in [-0.2, 0) is 17.3 Å². The van der Waals surface area contributed by atoms with Crippen LogP contribution in [0.25, 0.3) is 6.08 Å². The Kier molecular flexibility index (Phi) is 7.61. The molecule has 3 aromatic carbocycles. The van der Waals surface area contributed by atoms with Gasteiger partial charge in [0.15, 0.2) is 0 Å². The van der Waals surface area contributed by atoms with Gasteiger partial charge >= 0.3 is 5.97 Å². The molecule has 3 aromatic rings. The minimum absolute atomic E-state index is 0.0182. The number of nitrogens with one attached hydrogen (secondary N) is 1. The molecular formula is C33H39NO3. The number of carbonyl (C=O) groups is 1. The van der Waals surface area contributed by atoms with Crippen LogP contribution in [0.1, 0.15) is 90.4 Å². The predicted octanol–water partition coefficient (Wildman–Crippen LogP) is 7.44. The number of carboxylic acid groups (broad SMARTS) is 1. The van der Waals surface area contributed by atoms with Gasteiger partial charge in [-0.15, -0.1) is 0 Å². The molecule has 0 aliphatic heterocycles. The summed E-state index contributed by atoms with van der Waals surface area (Å²) in [5.41, 5.74) is 8.36. The molecule has 37 heavy (non-hydrogen) atoms. The van der Waals surface area contributed by atoms with E-state index < -0.39 is 12.1 Å². The lowest BCUT2D eigenvalue weighted by atomic mass is 9.62. The van der Waals surface area contributed by atoms with E-state index in [-0.39, 0.29) is 16.4 Å². The zero-order valence-corrected chi connectivity index (χ0v) is 22.6. The first-order valence-electron chi connectivity index (χ1n) is 13.1. The van der Waals surface area contributed by atoms with Gasteiger partial charge in [0, 0.05) is 12.2 Å². The molecule has 0 aromatic heterocycles. The van der Waals surface area contributed by atoms with E-state index in [2.05, 4.69) is 76.3 Å². The topological polar surface area (TPSA) is 69.6 Å². The molecule has 194 valence electrons. The second-order valence-corrected chi connectivity index (χ2v) is 11.7. The van der Waals surface area contributed by atoms with E-state index in [1.807, 2.05) is 6.08 Å². The van der Waals surface area contributed by atoms with Gasteiger partial charge in [-0.05, 0) is 83.0 Å². The second-order valence-electron chi connectivity index (χ2n) is 11.7. The number of anilines is 1. The highest BCUT2D eigenvalue weighted by Crippen LogP contribution is 2.49. The Labute approximate surface area is 221 Å². The summed E-state index contributed by atoms with van der Waals surface area (Å²) in [5.74, 6) is -0.947. The van der Waals surface area contributed by atoms with Gasteiger partial charge in [-0.2, -0.15) is 0 Å². The smallest absolute Gasteiger partial charge is 0.335 e. The van der Waals surface area contributed by atoms with E-state index in [1.165, 1.54) is 22.3 Å². The number of aromatic carboxylic acids is 1. The van der Waals surface area contributed by atoms with Gasteiger partial charge in [0.2, 0.25) is 0 Å². The quantitative estimate of drug-likeness (QED) is 0.302. The number of benzene rings is 3. The molecule has 4 rings (SSSR count). The summed E-state index contributed by atoms with van der Waals surface area (Å²) in [7, 11) is 0. The Morgan fingerprint density at radius 2 is 1.62 bits per heavy atom. The standard InChI is InChI=1S/C33H39NO3/c1-22-6-8-24(9-7-22)16-19-34-28-21-26(20-27-30(28)33(4,5)18-17-32(27,2)3)29(35)15-12-23-10-13-25(14-11-23)31(36)37/h6-15,20-21,29,34-35H,16-19H2,1-5H3,(H,36,37). The Hall–Kier alpha value is -3.37. The highest BCUT2D eigenvalue weighted by Gasteiger charge is 2.39. The fourth-order valence-corrected chi connectivity index (χ4v) is 5.27. The molecule has 4 heteroatoms. The van der Waals surface area contributed by atoms with Crippen molar-refractivity contribution in [3.63, 3.8) is 0 Å². The summed E-state index contributed by atoms with van der Waals surface area (Å²) in [5, 5.41) is 24.0. The van der Waals surface area contributed by atoms with Gasteiger partial charge in [-0.1, -0.05) is 87.9 Å². The number of rotatable bonds is 8. The predicted molar refractivity (Wildman–Crippen MR) is 152 cm³/mol. The van der Waals surface area contributed by atoms with Gasteiger partial charge in [-0.3, -0.25) is 0 Å². The normalized spacial score (nSPS) is 16.8. The molecule has 1 aliphatic rings. The Bertz CT molecular complexity index is 1280. The zero-order chi connectivity index (χ0) is 26.8. The van der Waals surface area contributed by atoms with Gasteiger partial charge in [0.05, 0.1) is 11.7 Å². The van der Waals surface area contributed by atoms with Crippen molar-refractivity contribution in [2.75, 3.05) is 11.9 Å². The Morgan fingerprint density at radius 3 is 2.27 bits per heavy atom. The highest BCUT2D eigenvalue weighted by molar-refractivity contribution is 5.87. The molecular weight excluding hydrogens is 458 g/mol. The number of carboxylic acids is 1. The van der Waals surface area contributed by atoms with Crippen LogP contribution in [0.3, 0.4) is 0 Å². The average Bonchev–Trinajstić information content (AvgIpc) is 2.86. The number of hydrogen-bond donors (Lipinski definition) is 3. The number of fused-ring (bicyclic) bond motifs is 1. The minimum atomic E-state index is -0.947. The minimum Gasteiger partial charge on any atom is -0.478 e. The van der Waals surface area contributed by atoms with Gasteiger partial charge < -0.3 is 15.5 Å². The molecule has 0 saturated heterocycles. The van der Waals surface area contributed by atoms with Crippen molar-refractivity contribution in [1.82, 2.24) is 0 Å². The molecule has 1 aliphatic carbocycles. The summed E-state index contributed by atoms with van der Waals surface area (Å²) in [6.45, 7) is 12.2. The maximum Gasteiger partial charge on any atom is 0.335 e. The van der Waals surface area contributed by atoms with Crippen LogP contribution < -0.4 is 5.32 Å². The summed E-state index contributed by atoms with van der Waals surface area (Å²) in [6.07, 6.45) is 5.99. The van der Waals surface area contributed by atoms with Crippen molar-refractivity contribution in [1.29, 1.82) is 0 Å². The van der Waals surface area contributed by atoms with Gasteiger partial charge in [0.1, 0.15) is 0 Å². The van der Waals surface area contributed by atoms with Crippen molar-refractivity contribution in [2.45, 2.75) is 70.8 Å². The van der Waals surface area contributed by atoms with Crippen molar-refractivity contribution >= 4 is 17.7 Å². The molecule has 0 heterocycles. The number of hydrogen-bond acceptors (Lipinski definition) is 3. The van der Waals surface area contributed by atoms with E-state index in [0.717, 1.165) is 42.6 Å². The zero-order valence-electron chi connectivity index (χ0n) is 22.6. The van der Waals surface area contributed by atoms with Crippen molar-refractivity contribution in [3.8, 4) is 0 Å². The second kappa shape index (κ2) is 10.5. The van der Waals surface area contributed by atoms with E-state index in [4.69, 9.17) is 5.11 Å². The number of aliphatic hydroxyl groups is 1. The van der Waals surface area contributed by atoms with Crippen LogP contribution in [0.4, 0.5) is 5.69 Å². The fraction of sp³-hybridized carbons (Fsp3) is 0.364. The molecule has 4 nitrogen and oxygen atoms in total. The third kappa shape index (κ3) is 6.14. The lowest BCUT2D eigenvalue weighted by Gasteiger charge is -2.43. The van der Waals surface area contributed by atoms with Crippen LogP contribution in [0.15, 0.2) is 66.7 Å². The van der Waals surface area contributed by atoms with Crippen molar-refractivity contribution in [3.05, 3.63) is 106 Å². The Balaban J connectivity index is 1.64. The average molecular weight is 498 g/mol. The molecule has 1 atom stereocenters. The number of aliphatic hydroxyl groups excluding tert-OH is 1. The molecule has 0 saturated carbocycles. The molecule has 0 spiro atoms. The summed E-state index contributed by atoms with van der Waals surface area (Å²) >= 11 is 0. The maximum absolute atomic E-state index is 11.2. The van der Waals surface area contributed by atoms with Crippen molar-refractivity contribution < 1.29 is 15.0 Å². The molecule has 0 radical (unpaired) electrons. The number of aryl methyl sites for hydroxylation is 1. The van der Waals surface area contributed by atoms with E-state index in [9.17, 15) is 9.90 Å². The Morgan fingerprint density at radius 1 is 0.973 bits per heavy atom. The van der Waals surface area contributed by atoms with Crippen LogP contribution in [0, 0.1) is 6.92 Å². The first-order chi connectivity index (χ1) is 17.5. The largest absolute Gasteiger partial charge is 0.478 e.